The van der Waals surface area contributed by atoms with Crippen molar-refractivity contribution in [3.63, 3.8) is 0 Å². The van der Waals surface area contributed by atoms with Crippen LogP contribution in [0.4, 0.5) is 0 Å². The number of hydrogen-bond donors (Lipinski definition) is 0. The molecule has 1 heterocycles. The van der Waals surface area contributed by atoms with Gasteiger partial charge in [0.2, 0.25) is 5.91 Å². The fourth-order valence-corrected chi connectivity index (χ4v) is 3.23. The predicted molar refractivity (Wildman–Crippen MR) is 61.5 cm³/mol. The Hall–Kier alpha value is -0.530. The number of carbonyl (C=O) groups is 1. The van der Waals surface area contributed by atoms with E-state index in [0.717, 1.165) is 12.5 Å². The van der Waals surface area contributed by atoms with Crippen molar-refractivity contribution in [3.8, 4) is 0 Å². The molecule has 1 amide bonds. The summed E-state index contributed by atoms with van der Waals surface area (Å²) in [5.74, 6) is 1.37. The number of carbonyl (C=O) groups excluding carboxylic acids is 1. The van der Waals surface area contributed by atoms with Crippen LogP contribution in [0.15, 0.2) is 0 Å². The lowest BCUT2D eigenvalue weighted by atomic mass is 9.78. The SMILES string of the molecule is CC(C)C(=O)N1CCC[C@H]2CCCC[C@H]21. The summed E-state index contributed by atoms with van der Waals surface area (Å²) in [6, 6.07) is 0.586. The second-order valence-electron chi connectivity index (χ2n) is 5.44. The van der Waals surface area contributed by atoms with E-state index in [9.17, 15) is 4.79 Å². The van der Waals surface area contributed by atoms with E-state index in [1.54, 1.807) is 0 Å². The number of likely N-dealkylation sites (tertiary alicyclic amines) is 1. The van der Waals surface area contributed by atoms with Crippen LogP contribution in [-0.4, -0.2) is 23.4 Å². The zero-order valence-corrected chi connectivity index (χ0v) is 10.0. The van der Waals surface area contributed by atoms with Gasteiger partial charge in [-0.2, -0.15) is 0 Å². The Morgan fingerprint density at radius 2 is 1.80 bits per heavy atom. The smallest absolute Gasteiger partial charge is 0.225 e. The van der Waals surface area contributed by atoms with Crippen molar-refractivity contribution in [2.75, 3.05) is 6.54 Å². The molecule has 0 N–H and O–H groups in total. The third-order valence-corrected chi connectivity index (χ3v) is 4.02. The summed E-state index contributed by atoms with van der Waals surface area (Å²) in [6.45, 7) is 5.06. The van der Waals surface area contributed by atoms with Crippen molar-refractivity contribution in [2.24, 2.45) is 11.8 Å². The van der Waals surface area contributed by atoms with Gasteiger partial charge in [-0.15, -0.1) is 0 Å². The molecule has 1 saturated carbocycles. The van der Waals surface area contributed by atoms with Crippen LogP contribution in [0.25, 0.3) is 0 Å². The van der Waals surface area contributed by atoms with Gasteiger partial charge >= 0.3 is 0 Å². The van der Waals surface area contributed by atoms with Crippen molar-refractivity contribution in [1.29, 1.82) is 0 Å². The maximum Gasteiger partial charge on any atom is 0.225 e. The van der Waals surface area contributed by atoms with Crippen molar-refractivity contribution < 1.29 is 4.79 Å². The normalized spacial score (nSPS) is 31.5. The highest BCUT2D eigenvalue weighted by molar-refractivity contribution is 5.78. The molecule has 2 atom stereocenters. The number of amides is 1. The second-order valence-corrected chi connectivity index (χ2v) is 5.44. The Morgan fingerprint density at radius 1 is 1.13 bits per heavy atom. The van der Waals surface area contributed by atoms with Crippen LogP contribution >= 0.6 is 0 Å². The minimum Gasteiger partial charge on any atom is -0.339 e. The Labute approximate surface area is 93.0 Å². The molecule has 1 saturated heterocycles. The van der Waals surface area contributed by atoms with E-state index < -0.39 is 0 Å². The van der Waals surface area contributed by atoms with Gasteiger partial charge in [-0.3, -0.25) is 4.79 Å². The number of nitrogens with zero attached hydrogens (tertiary/aromatic N) is 1. The molecule has 2 aliphatic rings. The van der Waals surface area contributed by atoms with Crippen LogP contribution in [0.5, 0.6) is 0 Å². The monoisotopic (exact) mass is 209 g/mol. The molecule has 2 rings (SSSR count). The van der Waals surface area contributed by atoms with Crippen LogP contribution in [0, 0.1) is 11.8 Å². The van der Waals surface area contributed by atoms with Crippen molar-refractivity contribution in [2.45, 2.75) is 58.4 Å². The molecule has 2 nitrogen and oxygen atoms in total. The zero-order valence-electron chi connectivity index (χ0n) is 10.0. The Balaban J connectivity index is 2.06. The molecular formula is C13H23NO. The fraction of sp³-hybridized carbons (Fsp3) is 0.923. The summed E-state index contributed by atoms with van der Waals surface area (Å²) in [4.78, 5) is 14.3. The first-order chi connectivity index (χ1) is 7.20. The highest BCUT2D eigenvalue weighted by Gasteiger charge is 2.35. The quantitative estimate of drug-likeness (QED) is 0.650. The number of piperidine rings is 1. The van der Waals surface area contributed by atoms with Gasteiger partial charge in [0.25, 0.3) is 0 Å². The molecule has 0 aromatic rings. The number of fused-ring (bicyclic) bond motifs is 1. The van der Waals surface area contributed by atoms with Crippen LogP contribution in [0.2, 0.25) is 0 Å². The van der Waals surface area contributed by atoms with Gasteiger partial charge in [-0.05, 0) is 31.6 Å². The van der Waals surface area contributed by atoms with Crippen LogP contribution in [0.3, 0.4) is 0 Å². The number of rotatable bonds is 1. The van der Waals surface area contributed by atoms with Crippen molar-refractivity contribution in [3.05, 3.63) is 0 Å². The van der Waals surface area contributed by atoms with E-state index in [4.69, 9.17) is 0 Å². The average molecular weight is 209 g/mol. The lowest BCUT2D eigenvalue weighted by Crippen LogP contribution is -2.50. The molecule has 0 aromatic carbocycles. The van der Waals surface area contributed by atoms with E-state index in [1.807, 2.05) is 13.8 Å². The molecule has 0 spiro atoms. The third kappa shape index (κ3) is 2.19. The zero-order chi connectivity index (χ0) is 10.8. The fourth-order valence-electron chi connectivity index (χ4n) is 3.23. The summed E-state index contributed by atoms with van der Waals surface area (Å²) >= 11 is 0. The molecule has 2 fully saturated rings. The molecule has 0 unspecified atom stereocenters. The molecular weight excluding hydrogens is 186 g/mol. The van der Waals surface area contributed by atoms with E-state index >= 15 is 0 Å². The highest BCUT2D eigenvalue weighted by Crippen LogP contribution is 2.35. The lowest BCUT2D eigenvalue weighted by molar-refractivity contribution is -0.140. The Kier molecular flexibility index (Phi) is 3.32. The Morgan fingerprint density at radius 3 is 2.53 bits per heavy atom. The number of hydrogen-bond acceptors (Lipinski definition) is 1. The van der Waals surface area contributed by atoms with Crippen LogP contribution in [0.1, 0.15) is 52.4 Å². The van der Waals surface area contributed by atoms with Crippen LogP contribution < -0.4 is 0 Å². The maximum atomic E-state index is 12.1. The van der Waals surface area contributed by atoms with Gasteiger partial charge in [-0.1, -0.05) is 26.7 Å². The first kappa shape index (κ1) is 11.0. The summed E-state index contributed by atoms with van der Waals surface area (Å²) in [5.41, 5.74) is 0. The van der Waals surface area contributed by atoms with E-state index in [0.29, 0.717) is 11.9 Å². The van der Waals surface area contributed by atoms with Gasteiger partial charge in [0.05, 0.1) is 0 Å². The van der Waals surface area contributed by atoms with E-state index in [1.165, 1.54) is 38.5 Å². The predicted octanol–water partition coefficient (Wildman–Crippen LogP) is 2.82. The van der Waals surface area contributed by atoms with Crippen molar-refractivity contribution in [1.82, 2.24) is 4.90 Å². The molecule has 0 bridgehead atoms. The topological polar surface area (TPSA) is 20.3 Å². The maximum absolute atomic E-state index is 12.1. The first-order valence-corrected chi connectivity index (χ1v) is 6.50. The Bertz CT molecular complexity index is 235. The molecule has 0 aromatic heterocycles. The summed E-state index contributed by atoms with van der Waals surface area (Å²) < 4.78 is 0. The molecule has 15 heavy (non-hydrogen) atoms. The second kappa shape index (κ2) is 4.54. The minimum atomic E-state index is 0.172. The standard InChI is InChI=1S/C13H23NO/c1-10(2)13(15)14-9-5-7-11-6-3-4-8-12(11)14/h10-12H,3-9H2,1-2H3/t11-,12-/m1/s1. The summed E-state index contributed by atoms with van der Waals surface area (Å²) in [5, 5.41) is 0. The highest BCUT2D eigenvalue weighted by atomic mass is 16.2. The molecule has 2 heteroatoms. The minimum absolute atomic E-state index is 0.172. The van der Waals surface area contributed by atoms with Gasteiger partial charge in [0.1, 0.15) is 0 Å². The summed E-state index contributed by atoms with van der Waals surface area (Å²) in [7, 11) is 0. The van der Waals surface area contributed by atoms with Gasteiger partial charge < -0.3 is 4.90 Å². The average Bonchev–Trinajstić information content (AvgIpc) is 2.27. The largest absolute Gasteiger partial charge is 0.339 e. The molecule has 1 aliphatic carbocycles. The first-order valence-electron chi connectivity index (χ1n) is 6.50. The van der Waals surface area contributed by atoms with E-state index in [-0.39, 0.29) is 5.92 Å². The van der Waals surface area contributed by atoms with Crippen LogP contribution in [-0.2, 0) is 4.79 Å². The van der Waals surface area contributed by atoms with Gasteiger partial charge in [0, 0.05) is 18.5 Å². The molecule has 86 valence electrons. The lowest BCUT2D eigenvalue weighted by Gasteiger charge is -2.44. The molecule has 0 radical (unpaired) electrons. The van der Waals surface area contributed by atoms with Crippen molar-refractivity contribution >= 4 is 5.91 Å². The van der Waals surface area contributed by atoms with Gasteiger partial charge in [-0.25, -0.2) is 0 Å². The third-order valence-electron chi connectivity index (χ3n) is 4.02. The summed E-state index contributed by atoms with van der Waals surface area (Å²) in [6.07, 6.45) is 7.88. The van der Waals surface area contributed by atoms with Gasteiger partial charge in [0.15, 0.2) is 0 Å². The van der Waals surface area contributed by atoms with E-state index in [2.05, 4.69) is 4.90 Å². The molecule has 1 aliphatic heterocycles.